The average molecular weight is 390 g/mol. The molecular weight excluding hydrogens is 366 g/mol. The van der Waals surface area contributed by atoms with Gasteiger partial charge in [-0.25, -0.2) is 8.42 Å². The largest absolute Gasteiger partial charge is 0.357 e. The molecule has 0 radical (unpaired) electrons. The molecule has 0 spiro atoms. The summed E-state index contributed by atoms with van der Waals surface area (Å²) in [6.45, 7) is 4.12. The fourth-order valence-electron chi connectivity index (χ4n) is 2.45. The first kappa shape index (κ1) is 19.4. The maximum Gasteiger partial charge on any atom is 0.191 e. The zero-order chi connectivity index (χ0) is 17.4. The minimum Gasteiger partial charge on any atom is -0.357 e. The van der Waals surface area contributed by atoms with Gasteiger partial charge in [0.15, 0.2) is 15.8 Å². The summed E-state index contributed by atoms with van der Waals surface area (Å²) in [7, 11) is -2.83. The molecule has 1 aromatic carbocycles. The number of rotatable bonds is 7. The number of guanidine groups is 1. The number of hydrogen-bond acceptors (Lipinski definition) is 4. The van der Waals surface area contributed by atoms with Crippen LogP contribution >= 0.6 is 23.4 Å². The molecule has 2 rings (SSSR count). The number of aliphatic imine (C=N–C) groups is 1. The van der Waals surface area contributed by atoms with E-state index in [1.54, 1.807) is 11.8 Å². The normalized spacial score (nSPS) is 20.1. The van der Waals surface area contributed by atoms with E-state index in [4.69, 9.17) is 11.6 Å². The highest BCUT2D eigenvalue weighted by molar-refractivity contribution is 7.99. The van der Waals surface area contributed by atoms with Crippen molar-refractivity contribution in [3.05, 3.63) is 29.3 Å². The number of hydrogen-bond donors (Lipinski definition) is 2. The van der Waals surface area contributed by atoms with Gasteiger partial charge in [-0.2, -0.15) is 0 Å². The Hall–Kier alpha value is -0.920. The SMILES string of the molecule is CCNC(=NCC1CCS(=O)(=O)C1)NCCSc1ccc(Cl)cc1. The molecule has 134 valence electrons. The first-order chi connectivity index (χ1) is 11.5. The monoisotopic (exact) mass is 389 g/mol. The molecule has 1 unspecified atom stereocenters. The van der Waals surface area contributed by atoms with Gasteiger partial charge in [0.1, 0.15) is 0 Å². The summed E-state index contributed by atoms with van der Waals surface area (Å²) in [5, 5.41) is 7.23. The second-order valence-electron chi connectivity index (χ2n) is 5.72. The van der Waals surface area contributed by atoms with Gasteiger partial charge >= 0.3 is 0 Å². The van der Waals surface area contributed by atoms with Gasteiger partial charge in [0.05, 0.1) is 11.5 Å². The molecule has 1 aliphatic heterocycles. The van der Waals surface area contributed by atoms with E-state index in [-0.39, 0.29) is 11.7 Å². The number of nitrogens with one attached hydrogen (secondary N) is 2. The maximum atomic E-state index is 11.5. The summed E-state index contributed by atoms with van der Waals surface area (Å²) in [5.74, 6) is 2.37. The highest BCUT2D eigenvalue weighted by Gasteiger charge is 2.27. The van der Waals surface area contributed by atoms with Crippen molar-refractivity contribution in [1.29, 1.82) is 0 Å². The lowest BCUT2D eigenvalue weighted by atomic mass is 10.1. The van der Waals surface area contributed by atoms with Crippen molar-refractivity contribution in [1.82, 2.24) is 10.6 Å². The van der Waals surface area contributed by atoms with Crippen molar-refractivity contribution in [2.45, 2.75) is 18.2 Å². The quantitative estimate of drug-likeness (QED) is 0.324. The molecule has 1 aromatic rings. The second kappa shape index (κ2) is 9.53. The Labute approximate surface area is 153 Å². The van der Waals surface area contributed by atoms with Crippen LogP contribution in [-0.2, 0) is 9.84 Å². The Balaban J connectivity index is 1.74. The molecule has 1 aliphatic rings. The summed E-state index contributed by atoms with van der Waals surface area (Å²) in [6.07, 6.45) is 0.720. The van der Waals surface area contributed by atoms with Gasteiger partial charge < -0.3 is 10.6 Å². The molecule has 24 heavy (non-hydrogen) atoms. The van der Waals surface area contributed by atoms with Crippen LogP contribution in [0.3, 0.4) is 0 Å². The van der Waals surface area contributed by atoms with E-state index in [0.717, 1.165) is 36.2 Å². The summed E-state index contributed by atoms with van der Waals surface area (Å²) in [4.78, 5) is 5.70. The van der Waals surface area contributed by atoms with Gasteiger partial charge in [0.25, 0.3) is 0 Å². The number of benzene rings is 1. The Morgan fingerprint density at radius 3 is 2.71 bits per heavy atom. The molecule has 0 saturated carbocycles. The predicted molar refractivity (Wildman–Crippen MR) is 103 cm³/mol. The lowest BCUT2D eigenvalue weighted by Crippen LogP contribution is -2.38. The molecule has 1 atom stereocenters. The molecule has 1 heterocycles. The minimum absolute atomic E-state index is 0.147. The zero-order valence-electron chi connectivity index (χ0n) is 13.8. The minimum atomic E-state index is -2.83. The number of nitrogens with zero attached hydrogens (tertiary/aromatic N) is 1. The second-order valence-corrected chi connectivity index (χ2v) is 9.55. The van der Waals surface area contributed by atoms with Gasteiger partial charge in [-0.05, 0) is 43.5 Å². The van der Waals surface area contributed by atoms with Crippen molar-refractivity contribution in [3.63, 3.8) is 0 Å². The van der Waals surface area contributed by atoms with Crippen LogP contribution in [0.2, 0.25) is 5.02 Å². The Kier molecular flexibility index (Phi) is 7.71. The molecule has 1 fully saturated rings. The zero-order valence-corrected chi connectivity index (χ0v) is 16.2. The molecule has 1 saturated heterocycles. The van der Waals surface area contributed by atoms with E-state index in [2.05, 4.69) is 15.6 Å². The average Bonchev–Trinajstić information content (AvgIpc) is 2.90. The van der Waals surface area contributed by atoms with E-state index >= 15 is 0 Å². The Morgan fingerprint density at radius 1 is 1.33 bits per heavy atom. The summed E-state index contributed by atoms with van der Waals surface area (Å²) in [5.41, 5.74) is 0. The highest BCUT2D eigenvalue weighted by atomic mass is 35.5. The van der Waals surface area contributed by atoms with Crippen molar-refractivity contribution in [2.24, 2.45) is 10.9 Å². The third kappa shape index (κ3) is 6.91. The fraction of sp³-hybridized carbons (Fsp3) is 0.562. The van der Waals surface area contributed by atoms with Crippen LogP contribution in [0.1, 0.15) is 13.3 Å². The van der Waals surface area contributed by atoms with E-state index < -0.39 is 9.84 Å². The predicted octanol–water partition coefficient (Wildman–Crippen LogP) is 2.42. The van der Waals surface area contributed by atoms with E-state index in [9.17, 15) is 8.42 Å². The summed E-state index contributed by atoms with van der Waals surface area (Å²) >= 11 is 7.62. The van der Waals surface area contributed by atoms with Crippen molar-refractivity contribution < 1.29 is 8.42 Å². The Morgan fingerprint density at radius 2 is 2.08 bits per heavy atom. The van der Waals surface area contributed by atoms with E-state index in [1.165, 1.54) is 4.90 Å². The van der Waals surface area contributed by atoms with Crippen molar-refractivity contribution in [3.8, 4) is 0 Å². The number of thioether (sulfide) groups is 1. The third-order valence-electron chi connectivity index (χ3n) is 3.66. The maximum absolute atomic E-state index is 11.5. The van der Waals surface area contributed by atoms with Crippen LogP contribution in [0, 0.1) is 5.92 Å². The smallest absolute Gasteiger partial charge is 0.191 e. The van der Waals surface area contributed by atoms with Gasteiger partial charge in [-0.3, -0.25) is 4.99 Å². The molecular formula is C16H24ClN3O2S2. The highest BCUT2D eigenvalue weighted by Crippen LogP contribution is 2.20. The van der Waals surface area contributed by atoms with Crippen LogP contribution in [0.25, 0.3) is 0 Å². The van der Waals surface area contributed by atoms with Crippen LogP contribution in [0.15, 0.2) is 34.2 Å². The standard InChI is InChI=1S/C16H24ClN3O2S2/c1-2-18-16(20-11-13-7-10-24(21,22)12-13)19-8-9-23-15-5-3-14(17)4-6-15/h3-6,13H,2,7-12H2,1H3,(H2,18,19,20). The van der Waals surface area contributed by atoms with Gasteiger partial charge in [0.2, 0.25) is 0 Å². The van der Waals surface area contributed by atoms with Gasteiger partial charge in [-0.1, -0.05) is 11.6 Å². The molecule has 0 aliphatic carbocycles. The van der Waals surface area contributed by atoms with Crippen LogP contribution in [-0.4, -0.2) is 51.3 Å². The molecule has 5 nitrogen and oxygen atoms in total. The first-order valence-electron chi connectivity index (χ1n) is 8.09. The lowest BCUT2D eigenvalue weighted by molar-refractivity contribution is 0.590. The number of sulfone groups is 1. The molecule has 8 heteroatoms. The molecule has 0 aromatic heterocycles. The Bertz CT molecular complexity index is 648. The topological polar surface area (TPSA) is 70.6 Å². The van der Waals surface area contributed by atoms with Crippen LogP contribution in [0.5, 0.6) is 0 Å². The molecule has 0 amide bonds. The van der Waals surface area contributed by atoms with Gasteiger partial charge in [0, 0.05) is 35.3 Å². The van der Waals surface area contributed by atoms with Gasteiger partial charge in [-0.15, -0.1) is 11.8 Å². The van der Waals surface area contributed by atoms with Crippen LogP contribution < -0.4 is 10.6 Å². The van der Waals surface area contributed by atoms with Crippen LogP contribution in [0.4, 0.5) is 0 Å². The van der Waals surface area contributed by atoms with Crippen molar-refractivity contribution in [2.75, 3.05) is 36.9 Å². The summed E-state index contributed by atoms with van der Waals surface area (Å²) in [6, 6.07) is 7.79. The third-order valence-corrected chi connectivity index (χ3v) is 6.76. The van der Waals surface area contributed by atoms with E-state index in [1.807, 2.05) is 31.2 Å². The molecule has 0 bridgehead atoms. The van der Waals surface area contributed by atoms with Crippen molar-refractivity contribution >= 4 is 39.2 Å². The number of halogens is 1. The fourth-order valence-corrected chi connectivity index (χ4v) is 5.19. The summed E-state index contributed by atoms with van der Waals surface area (Å²) < 4.78 is 23.0. The molecule has 2 N–H and O–H groups in total. The van der Waals surface area contributed by atoms with E-state index in [0.29, 0.717) is 12.3 Å². The first-order valence-corrected chi connectivity index (χ1v) is 11.3. The lowest BCUT2D eigenvalue weighted by Gasteiger charge is -2.12.